The van der Waals surface area contributed by atoms with Gasteiger partial charge in [0.15, 0.2) is 0 Å². The lowest BCUT2D eigenvalue weighted by Gasteiger charge is -2.04. The van der Waals surface area contributed by atoms with Gasteiger partial charge in [-0.1, -0.05) is 62.4 Å². The highest BCUT2D eigenvalue weighted by molar-refractivity contribution is 5.66. The smallest absolute Gasteiger partial charge is 0.303 e. The van der Waals surface area contributed by atoms with Gasteiger partial charge in [-0.15, -0.1) is 0 Å². The van der Waals surface area contributed by atoms with Crippen molar-refractivity contribution in [3.8, 4) is 0 Å². The second kappa shape index (κ2) is 11.5. The zero-order valence-electron chi connectivity index (χ0n) is 12.2. The molecule has 0 aromatic heterocycles. The Labute approximate surface area is 122 Å². The van der Waals surface area contributed by atoms with Crippen LogP contribution < -0.4 is 0 Å². The van der Waals surface area contributed by atoms with Crippen molar-refractivity contribution in [1.29, 1.82) is 0 Å². The van der Waals surface area contributed by atoms with Crippen molar-refractivity contribution in [2.45, 2.75) is 58.0 Å². The van der Waals surface area contributed by atoms with Gasteiger partial charge in [-0.25, -0.2) is 0 Å². The first kappa shape index (κ1) is 16.7. The zero-order valence-corrected chi connectivity index (χ0v) is 12.2. The molecule has 3 nitrogen and oxygen atoms in total. The molecule has 0 fully saturated rings. The molecule has 3 heteroatoms. The maximum atomic E-state index is 10.3. The van der Waals surface area contributed by atoms with Gasteiger partial charge in [0, 0.05) is 13.0 Å². The van der Waals surface area contributed by atoms with E-state index in [0.29, 0.717) is 13.0 Å². The number of carboxylic acids is 1. The number of hydrogen-bond donors (Lipinski definition) is 1. The molecule has 20 heavy (non-hydrogen) atoms. The number of carbonyl (C=O) groups is 1. The van der Waals surface area contributed by atoms with Crippen LogP contribution in [-0.4, -0.2) is 17.7 Å². The topological polar surface area (TPSA) is 46.5 Å². The molecule has 0 heterocycles. The van der Waals surface area contributed by atoms with Crippen LogP contribution in [0, 0.1) is 0 Å². The van der Waals surface area contributed by atoms with E-state index < -0.39 is 5.97 Å². The quantitative estimate of drug-likeness (QED) is 0.576. The van der Waals surface area contributed by atoms with Crippen molar-refractivity contribution >= 4 is 5.97 Å². The van der Waals surface area contributed by atoms with Gasteiger partial charge in [-0.2, -0.15) is 0 Å². The van der Waals surface area contributed by atoms with Crippen molar-refractivity contribution in [2.75, 3.05) is 6.61 Å². The summed E-state index contributed by atoms with van der Waals surface area (Å²) in [5.41, 5.74) is 1.23. The Bertz CT molecular complexity index is 349. The number of aliphatic carboxylic acids is 1. The highest BCUT2D eigenvalue weighted by atomic mass is 16.5. The molecule has 0 unspecified atom stereocenters. The molecule has 0 atom stereocenters. The molecular formula is C17H26O3. The Morgan fingerprint density at radius 3 is 2.15 bits per heavy atom. The van der Waals surface area contributed by atoms with Crippen LogP contribution in [0.4, 0.5) is 0 Å². The molecule has 0 spiro atoms. The maximum absolute atomic E-state index is 10.3. The summed E-state index contributed by atoms with van der Waals surface area (Å²) in [5, 5.41) is 8.51. The summed E-state index contributed by atoms with van der Waals surface area (Å²) >= 11 is 0. The SMILES string of the molecule is O=C(O)CCCCCCCCCOCc1ccccc1. The van der Waals surface area contributed by atoms with E-state index >= 15 is 0 Å². The maximum Gasteiger partial charge on any atom is 0.303 e. The summed E-state index contributed by atoms with van der Waals surface area (Å²) in [6.45, 7) is 1.53. The summed E-state index contributed by atoms with van der Waals surface area (Å²) in [7, 11) is 0. The van der Waals surface area contributed by atoms with E-state index in [0.717, 1.165) is 32.3 Å². The first-order valence-electron chi connectivity index (χ1n) is 7.62. The number of ether oxygens (including phenoxy) is 1. The third kappa shape index (κ3) is 9.56. The largest absolute Gasteiger partial charge is 0.481 e. The Morgan fingerprint density at radius 2 is 1.50 bits per heavy atom. The summed E-state index contributed by atoms with van der Waals surface area (Å²) in [6.07, 6.45) is 8.06. The van der Waals surface area contributed by atoms with Gasteiger partial charge in [-0.3, -0.25) is 4.79 Å². The van der Waals surface area contributed by atoms with Crippen LogP contribution in [0.15, 0.2) is 30.3 Å². The third-order valence-electron chi connectivity index (χ3n) is 3.29. The molecule has 0 aliphatic heterocycles. The van der Waals surface area contributed by atoms with Crippen LogP contribution in [0.1, 0.15) is 56.9 Å². The first-order valence-corrected chi connectivity index (χ1v) is 7.62. The summed E-state index contributed by atoms with van der Waals surface area (Å²) in [6, 6.07) is 10.2. The normalized spacial score (nSPS) is 10.6. The average Bonchev–Trinajstić information content (AvgIpc) is 2.45. The summed E-state index contributed by atoms with van der Waals surface area (Å²) < 4.78 is 5.63. The Kier molecular flexibility index (Phi) is 9.58. The predicted octanol–water partition coefficient (Wildman–Crippen LogP) is 4.41. The Morgan fingerprint density at radius 1 is 0.900 bits per heavy atom. The fourth-order valence-electron chi connectivity index (χ4n) is 2.13. The molecule has 1 rings (SSSR count). The van der Waals surface area contributed by atoms with Crippen molar-refractivity contribution in [1.82, 2.24) is 0 Å². The highest BCUT2D eigenvalue weighted by Crippen LogP contribution is 2.09. The molecule has 0 aliphatic carbocycles. The van der Waals surface area contributed by atoms with Crippen LogP contribution in [0.25, 0.3) is 0 Å². The van der Waals surface area contributed by atoms with E-state index in [-0.39, 0.29) is 0 Å². The van der Waals surface area contributed by atoms with Gasteiger partial charge >= 0.3 is 5.97 Å². The van der Waals surface area contributed by atoms with Crippen LogP contribution in [-0.2, 0) is 16.1 Å². The van der Waals surface area contributed by atoms with Crippen LogP contribution in [0.2, 0.25) is 0 Å². The van der Waals surface area contributed by atoms with Gasteiger partial charge in [0.05, 0.1) is 6.61 Å². The van der Waals surface area contributed by atoms with Crippen LogP contribution in [0.3, 0.4) is 0 Å². The lowest BCUT2D eigenvalue weighted by molar-refractivity contribution is -0.137. The molecule has 112 valence electrons. The number of unbranched alkanes of at least 4 members (excludes halogenated alkanes) is 6. The van der Waals surface area contributed by atoms with E-state index in [4.69, 9.17) is 9.84 Å². The van der Waals surface area contributed by atoms with Gasteiger partial charge in [0.2, 0.25) is 0 Å². The second-order valence-corrected chi connectivity index (χ2v) is 5.16. The van der Waals surface area contributed by atoms with Crippen molar-refractivity contribution in [3.63, 3.8) is 0 Å². The monoisotopic (exact) mass is 278 g/mol. The van der Waals surface area contributed by atoms with Crippen LogP contribution in [0.5, 0.6) is 0 Å². The van der Waals surface area contributed by atoms with Gasteiger partial charge in [0.1, 0.15) is 0 Å². The highest BCUT2D eigenvalue weighted by Gasteiger charge is 1.97. The van der Waals surface area contributed by atoms with E-state index in [2.05, 4.69) is 12.1 Å². The van der Waals surface area contributed by atoms with E-state index in [1.54, 1.807) is 0 Å². The fourth-order valence-corrected chi connectivity index (χ4v) is 2.13. The van der Waals surface area contributed by atoms with E-state index in [9.17, 15) is 4.79 Å². The second-order valence-electron chi connectivity index (χ2n) is 5.16. The van der Waals surface area contributed by atoms with Gasteiger partial charge in [-0.05, 0) is 18.4 Å². The Balaban J connectivity index is 1.80. The molecule has 0 saturated carbocycles. The molecule has 1 aromatic carbocycles. The third-order valence-corrected chi connectivity index (χ3v) is 3.29. The van der Waals surface area contributed by atoms with E-state index in [1.165, 1.54) is 24.8 Å². The van der Waals surface area contributed by atoms with Crippen LogP contribution >= 0.6 is 0 Å². The molecule has 0 saturated heterocycles. The average molecular weight is 278 g/mol. The minimum Gasteiger partial charge on any atom is -0.481 e. The number of benzene rings is 1. The molecule has 0 amide bonds. The first-order chi connectivity index (χ1) is 9.79. The molecule has 0 radical (unpaired) electrons. The minimum atomic E-state index is -0.680. The molecule has 0 aliphatic rings. The number of hydrogen-bond acceptors (Lipinski definition) is 2. The van der Waals surface area contributed by atoms with Gasteiger partial charge in [0.25, 0.3) is 0 Å². The lowest BCUT2D eigenvalue weighted by Crippen LogP contribution is -1.95. The standard InChI is InChI=1S/C17H26O3/c18-17(19)13-9-4-2-1-3-5-10-14-20-15-16-11-7-6-8-12-16/h6-8,11-12H,1-5,9-10,13-15H2,(H,18,19). The van der Waals surface area contributed by atoms with Gasteiger partial charge < -0.3 is 9.84 Å². The fraction of sp³-hybridized carbons (Fsp3) is 0.588. The zero-order chi connectivity index (χ0) is 14.5. The molecule has 0 bridgehead atoms. The van der Waals surface area contributed by atoms with Crippen molar-refractivity contribution in [2.24, 2.45) is 0 Å². The predicted molar refractivity (Wildman–Crippen MR) is 80.7 cm³/mol. The minimum absolute atomic E-state index is 0.313. The number of rotatable bonds is 12. The number of carboxylic acid groups (broad SMARTS) is 1. The van der Waals surface area contributed by atoms with Crippen molar-refractivity contribution in [3.05, 3.63) is 35.9 Å². The molecular weight excluding hydrogens is 252 g/mol. The molecule has 1 N–H and O–H groups in total. The lowest BCUT2D eigenvalue weighted by atomic mass is 10.1. The summed E-state index contributed by atoms with van der Waals surface area (Å²) in [5.74, 6) is -0.680. The summed E-state index contributed by atoms with van der Waals surface area (Å²) in [4.78, 5) is 10.3. The van der Waals surface area contributed by atoms with E-state index in [1.807, 2.05) is 18.2 Å². The van der Waals surface area contributed by atoms with Crippen molar-refractivity contribution < 1.29 is 14.6 Å². The molecule has 1 aromatic rings. The Hall–Kier alpha value is -1.35.